The van der Waals surface area contributed by atoms with Gasteiger partial charge < -0.3 is 24.6 Å². The maximum Gasteiger partial charge on any atom is 0.271 e. The van der Waals surface area contributed by atoms with Crippen LogP contribution in [-0.2, 0) is 0 Å². The summed E-state index contributed by atoms with van der Waals surface area (Å²) in [7, 11) is 0. The van der Waals surface area contributed by atoms with Gasteiger partial charge in [-0.25, -0.2) is 15.0 Å². The monoisotopic (exact) mass is 427 g/mol. The van der Waals surface area contributed by atoms with Crippen LogP contribution in [0, 0.1) is 0 Å². The summed E-state index contributed by atoms with van der Waals surface area (Å²) in [6, 6.07) is 0.0461. The van der Waals surface area contributed by atoms with E-state index in [1.807, 2.05) is 29.1 Å². The number of nitrogens with one attached hydrogen (secondary N) is 1. The van der Waals surface area contributed by atoms with Crippen LogP contribution in [0.5, 0.6) is 0 Å². The summed E-state index contributed by atoms with van der Waals surface area (Å²) in [5.41, 5.74) is 0.686. The number of aliphatic hydroxyl groups is 1. The van der Waals surface area contributed by atoms with Gasteiger partial charge >= 0.3 is 0 Å². The first kappa shape index (κ1) is 19.3. The number of rotatable bonds is 4. The molecule has 0 radical (unpaired) electrons. The lowest BCUT2D eigenvalue weighted by Crippen LogP contribution is -2.42. The fourth-order valence-corrected chi connectivity index (χ4v) is 4.95. The van der Waals surface area contributed by atoms with E-state index < -0.39 is 5.60 Å². The Balaban J connectivity index is 1.21. The van der Waals surface area contributed by atoms with Crippen molar-refractivity contribution in [3.63, 3.8) is 0 Å². The molecular weight excluding hydrogens is 402 g/mol. The van der Waals surface area contributed by atoms with Crippen LogP contribution in [0.2, 0.25) is 0 Å². The van der Waals surface area contributed by atoms with Crippen LogP contribution in [0.25, 0.3) is 5.65 Å². The molecule has 158 valence electrons. The Morgan fingerprint density at radius 1 is 1.20 bits per heavy atom. The molecule has 1 atom stereocenters. The van der Waals surface area contributed by atoms with E-state index in [1.165, 1.54) is 11.3 Å². The number of anilines is 2. The Hall–Kier alpha value is -2.72. The molecule has 10 heteroatoms. The second kappa shape index (κ2) is 7.51. The molecule has 2 saturated heterocycles. The molecule has 30 heavy (non-hydrogen) atoms. The number of carbonyl (C=O) groups is 1. The van der Waals surface area contributed by atoms with E-state index in [4.69, 9.17) is 0 Å². The van der Waals surface area contributed by atoms with Gasteiger partial charge in [0, 0.05) is 62.4 Å². The molecule has 1 amide bonds. The predicted molar refractivity (Wildman–Crippen MR) is 115 cm³/mol. The highest BCUT2D eigenvalue weighted by atomic mass is 32.1. The van der Waals surface area contributed by atoms with E-state index in [1.54, 1.807) is 12.4 Å². The zero-order valence-corrected chi connectivity index (χ0v) is 17.7. The Labute approximate surface area is 178 Å². The van der Waals surface area contributed by atoms with Crippen LogP contribution in [0.15, 0.2) is 30.2 Å². The normalized spacial score (nSPS) is 21.3. The van der Waals surface area contributed by atoms with Crippen LogP contribution in [-0.4, -0.2) is 68.2 Å². The van der Waals surface area contributed by atoms with Crippen molar-refractivity contribution in [3.05, 3.63) is 35.9 Å². The zero-order valence-electron chi connectivity index (χ0n) is 16.9. The molecule has 2 aliphatic rings. The number of thiazole rings is 1. The van der Waals surface area contributed by atoms with Crippen molar-refractivity contribution in [3.8, 4) is 0 Å². The molecule has 0 aromatic carbocycles. The van der Waals surface area contributed by atoms with Crippen molar-refractivity contribution in [1.29, 1.82) is 0 Å². The maximum atomic E-state index is 12.7. The average Bonchev–Trinajstić information content (AvgIpc) is 3.48. The lowest BCUT2D eigenvalue weighted by molar-refractivity contribution is 0.0351. The van der Waals surface area contributed by atoms with Crippen LogP contribution in [0.3, 0.4) is 0 Å². The van der Waals surface area contributed by atoms with E-state index in [0.717, 1.165) is 42.7 Å². The molecular formula is C20H25N7O2S. The van der Waals surface area contributed by atoms with Crippen molar-refractivity contribution in [1.82, 2.24) is 24.7 Å². The van der Waals surface area contributed by atoms with Crippen molar-refractivity contribution >= 4 is 33.8 Å². The fraction of sp³-hybridized carbons (Fsp3) is 0.500. The minimum atomic E-state index is -0.599. The first-order valence-electron chi connectivity index (χ1n) is 10.2. The smallest absolute Gasteiger partial charge is 0.271 e. The molecule has 0 spiro atoms. The van der Waals surface area contributed by atoms with Gasteiger partial charge in [-0.2, -0.15) is 0 Å². The summed E-state index contributed by atoms with van der Waals surface area (Å²) in [5.74, 6) is 0.705. The van der Waals surface area contributed by atoms with Crippen molar-refractivity contribution in [2.45, 2.75) is 37.8 Å². The number of nitrogens with zero attached hydrogens (tertiary/aromatic N) is 6. The molecule has 3 aromatic heterocycles. The largest absolute Gasteiger partial charge is 0.390 e. The number of imidazole rings is 1. The summed E-state index contributed by atoms with van der Waals surface area (Å²) in [6.07, 6.45) is 9.59. The third-order valence-corrected chi connectivity index (χ3v) is 6.85. The first-order chi connectivity index (χ1) is 14.5. The summed E-state index contributed by atoms with van der Waals surface area (Å²) in [5, 5.41) is 15.9. The minimum absolute atomic E-state index is 0.0461. The third-order valence-electron chi connectivity index (χ3n) is 5.95. The van der Waals surface area contributed by atoms with Crippen LogP contribution in [0.1, 0.15) is 36.7 Å². The highest BCUT2D eigenvalue weighted by Gasteiger charge is 2.30. The first-order valence-corrected chi connectivity index (χ1v) is 11.1. The van der Waals surface area contributed by atoms with Gasteiger partial charge in [-0.3, -0.25) is 4.79 Å². The molecule has 2 fully saturated rings. The zero-order chi connectivity index (χ0) is 20.7. The lowest BCUT2D eigenvalue weighted by atomic mass is 9.94. The lowest BCUT2D eigenvalue weighted by Gasteiger charge is -2.35. The molecule has 2 aliphatic heterocycles. The van der Waals surface area contributed by atoms with Crippen molar-refractivity contribution in [2.24, 2.45) is 0 Å². The Kier molecular flexibility index (Phi) is 4.82. The van der Waals surface area contributed by atoms with Crippen LogP contribution in [0.4, 0.5) is 10.9 Å². The maximum absolute atomic E-state index is 12.7. The number of amides is 1. The quantitative estimate of drug-likeness (QED) is 0.652. The molecule has 3 aromatic rings. The standard InChI is InChI=1S/C20H25N7O2S/c1-20(29)3-8-26(9-4-20)19-24-15(13-30-19)18(28)23-14-2-7-27(12-14)17-16-21-5-10-25(16)11-6-22-17/h5-6,10-11,13-14,29H,2-4,7-9,12H2,1H3,(H,23,28)/t14-/m0/s1. The second-order valence-corrected chi connectivity index (χ2v) is 9.15. The summed E-state index contributed by atoms with van der Waals surface area (Å²) in [6.45, 7) is 4.90. The molecule has 0 aliphatic carbocycles. The number of carbonyl (C=O) groups excluding carboxylic acids is 1. The topological polar surface area (TPSA) is 98.9 Å². The van der Waals surface area contributed by atoms with Gasteiger partial charge in [0.05, 0.1) is 5.60 Å². The molecule has 5 heterocycles. The second-order valence-electron chi connectivity index (χ2n) is 8.31. The van der Waals surface area contributed by atoms with Gasteiger partial charge in [-0.1, -0.05) is 0 Å². The van der Waals surface area contributed by atoms with Gasteiger partial charge in [0.25, 0.3) is 5.91 Å². The molecule has 5 rings (SSSR count). The van der Waals surface area contributed by atoms with Gasteiger partial charge in [0.2, 0.25) is 0 Å². The molecule has 0 saturated carbocycles. The Morgan fingerprint density at radius 2 is 1.97 bits per heavy atom. The van der Waals surface area contributed by atoms with Crippen LogP contribution < -0.4 is 15.1 Å². The summed E-state index contributed by atoms with van der Waals surface area (Å²) >= 11 is 1.48. The van der Waals surface area contributed by atoms with E-state index in [-0.39, 0.29) is 11.9 Å². The van der Waals surface area contributed by atoms with E-state index >= 15 is 0 Å². The number of hydrogen-bond donors (Lipinski definition) is 2. The van der Waals surface area contributed by atoms with Crippen molar-refractivity contribution < 1.29 is 9.90 Å². The van der Waals surface area contributed by atoms with E-state index in [9.17, 15) is 9.90 Å². The van der Waals surface area contributed by atoms with Crippen LogP contribution >= 0.6 is 11.3 Å². The third kappa shape index (κ3) is 3.72. The minimum Gasteiger partial charge on any atom is -0.390 e. The molecule has 0 bridgehead atoms. The van der Waals surface area contributed by atoms with Gasteiger partial charge in [0.1, 0.15) is 5.69 Å². The average molecular weight is 428 g/mol. The SMILES string of the molecule is CC1(O)CCN(c2nc(C(=O)N[C@H]3CCN(c4nccn5ccnc45)C3)cs2)CC1. The molecule has 9 nitrogen and oxygen atoms in total. The van der Waals surface area contributed by atoms with Gasteiger partial charge in [0.15, 0.2) is 16.6 Å². The van der Waals surface area contributed by atoms with Gasteiger partial charge in [-0.15, -0.1) is 11.3 Å². The fourth-order valence-electron chi connectivity index (χ4n) is 4.09. The number of fused-ring (bicyclic) bond motifs is 1. The van der Waals surface area contributed by atoms with Crippen molar-refractivity contribution in [2.75, 3.05) is 36.0 Å². The Bertz CT molecular complexity index is 1050. The highest BCUT2D eigenvalue weighted by molar-refractivity contribution is 7.13. The Morgan fingerprint density at radius 3 is 2.77 bits per heavy atom. The number of aromatic nitrogens is 4. The van der Waals surface area contributed by atoms with Gasteiger partial charge in [-0.05, 0) is 26.2 Å². The predicted octanol–water partition coefficient (Wildman–Crippen LogP) is 1.55. The summed E-state index contributed by atoms with van der Waals surface area (Å²) < 4.78 is 1.95. The van der Waals surface area contributed by atoms with E-state index in [2.05, 4.69) is 30.1 Å². The highest BCUT2D eigenvalue weighted by Crippen LogP contribution is 2.28. The number of piperidine rings is 1. The molecule has 0 unspecified atom stereocenters. The van der Waals surface area contributed by atoms with E-state index in [0.29, 0.717) is 25.1 Å². The molecule has 2 N–H and O–H groups in total. The number of hydrogen-bond acceptors (Lipinski definition) is 8. The summed E-state index contributed by atoms with van der Waals surface area (Å²) in [4.78, 5) is 30.5.